The first-order valence-corrected chi connectivity index (χ1v) is 12.9. The Kier molecular flexibility index (Phi) is 15.2. The zero-order valence-corrected chi connectivity index (χ0v) is 19.5. The van der Waals surface area contributed by atoms with Crippen molar-refractivity contribution in [3.05, 3.63) is 0 Å². The Labute approximate surface area is 161 Å². The van der Waals surface area contributed by atoms with Gasteiger partial charge in [0.05, 0.1) is 12.7 Å². The van der Waals surface area contributed by atoms with Gasteiger partial charge in [-0.15, -0.1) is 0 Å². The number of hydrogen-bond acceptors (Lipinski definition) is 8. The van der Waals surface area contributed by atoms with E-state index in [4.69, 9.17) is 36.0 Å². The van der Waals surface area contributed by atoms with Gasteiger partial charge in [-0.1, -0.05) is 6.92 Å². The van der Waals surface area contributed by atoms with Crippen LogP contribution in [0, 0.1) is 0 Å². The molecule has 0 aromatic rings. The van der Waals surface area contributed by atoms with E-state index in [2.05, 4.69) is 6.92 Å². The molecule has 0 spiro atoms. The molecule has 0 aliphatic carbocycles. The highest BCUT2D eigenvalue weighted by atomic mass is 28.4. The van der Waals surface area contributed by atoms with Crippen molar-refractivity contribution >= 4 is 17.6 Å². The molecule has 8 nitrogen and oxygen atoms in total. The highest BCUT2D eigenvalue weighted by molar-refractivity contribution is 6.60. The monoisotopic (exact) mass is 414 g/mol. The Bertz CT molecular complexity index is 311. The van der Waals surface area contributed by atoms with Crippen LogP contribution in [-0.2, 0) is 36.0 Å². The van der Waals surface area contributed by atoms with E-state index >= 15 is 0 Å². The molecule has 0 saturated carbocycles. The summed E-state index contributed by atoms with van der Waals surface area (Å²) in [6, 6.07) is 1.46. The zero-order valence-electron chi connectivity index (χ0n) is 17.5. The minimum atomic E-state index is -2.51. The van der Waals surface area contributed by atoms with Crippen LogP contribution in [0.5, 0.6) is 0 Å². The van der Waals surface area contributed by atoms with E-state index in [1.54, 1.807) is 42.7 Å². The highest BCUT2D eigenvalue weighted by Crippen LogP contribution is 2.16. The SMILES string of the molecule is CCC(COCCC[Si](OC)(OC)OC)OCCC[Si](OC)(OC)OC. The molecule has 158 valence electrons. The zero-order chi connectivity index (χ0) is 19.9. The molecule has 0 rings (SSSR count). The van der Waals surface area contributed by atoms with Crippen LogP contribution < -0.4 is 0 Å². The Balaban J connectivity index is 3.96. The Morgan fingerprint density at radius 2 is 1.08 bits per heavy atom. The maximum Gasteiger partial charge on any atom is 0.500 e. The molecule has 0 aromatic carbocycles. The van der Waals surface area contributed by atoms with Gasteiger partial charge in [0.15, 0.2) is 0 Å². The summed E-state index contributed by atoms with van der Waals surface area (Å²) in [6.45, 7) is 3.90. The predicted molar refractivity (Wildman–Crippen MR) is 103 cm³/mol. The summed E-state index contributed by atoms with van der Waals surface area (Å²) >= 11 is 0. The molecular formula is C16H38O8Si2. The maximum absolute atomic E-state index is 5.90. The van der Waals surface area contributed by atoms with Gasteiger partial charge in [0.25, 0.3) is 0 Å². The lowest BCUT2D eigenvalue weighted by Crippen LogP contribution is -2.43. The van der Waals surface area contributed by atoms with E-state index < -0.39 is 17.6 Å². The minimum Gasteiger partial charge on any atom is -0.379 e. The third-order valence-electron chi connectivity index (χ3n) is 4.38. The highest BCUT2D eigenvalue weighted by Gasteiger charge is 2.37. The van der Waals surface area contributed by atoms with E-state index in [1.807, 2.05) is 0 Å². The second-order valence-corrected chi connectivity index (χ2v) is 12.0. The first-order chi connectivity index (χ1) is 12.5. The lowest BCUT2D eigenvalue weighted by molar-refractivity contribution is -0.0194. The second-order valence-electron chi connectivity index (χ2n) is 5.77. The van der Waals surface area contributed by atoms with Crippen LogP contribution in [0.2, 0.25) is 12.1 Å². The van der Waals surface area contributed by atoms with Crippen LogP contribution in [-0.4, -0.2) is 86.2 Å². The van der Waals surface area contributed by atoms with Gasteiger partial charge in [0, 0.05) is 68.0 Å². The van der Waals surface area contributed by atoms with Crippen molar-refractivity contribution in [2.24, 2.45) is 0 Å². The van der Waals surface area contributed by atoms with Gasteiger partial charge in [0.2, 0.25) is 0 Å². The van der Waals surface area contributed by atoms with Crippen molar-refractivity contribution in [3.8, 4) is 0 Å². The molecule has 0 aromatic heterocycles. The third kappa shape index (κ3) is 9.35. The average Bonchev–Trinajstić information content (AvgIpc) is 2.70. The van der Waals surface area contributed by atoms with Gasteiger partial charge < -0.3 is 36.0 Å². The quantitative estimate of drug-likeness (QED) is 0.250. The largest absolute Gasteiger partial charge is 0.500 e. The fourth-order valence-corrected chi connectivity index (χ4v) is 5.92. The van der Waals surface area contributed by atoms with Gasteiger partial charge in [-0.05, 0) is 19.3 Å². The number of rotatable bonds is 18. The van der Waals surface area contributed by atoms with E-state index in [0.717, 1.165) is 31.4 Å². The summed E-state index contributed by atoms with van der Waals surface area (Å²) in [6.07, 6.45) is 2.62. The molecule has 1 atom stereocenters. The van der Waals surface area contributed by atoms with Crippen LogP contribution >= 0.6 is 0 Å². The summed E-state index contributed by atoms with van der Waals surface area (Å²) in [5, 5.41) is 0. The standard InChI is InChI=1S/C16H38O8Si2/c1-8-16(24-12-10-14-26(20-5,21-6)22-7)15-23-11-9-13-25(17-2,18-3)19-4/h16H,8-15H2,1-7H3. The maximum atomic E-state index is 5.90. The molecule has 0 aliphatic rings. The summed E-state index contributed by atoms with van der Waals surface area (Å²) in [5.41, 5.74) is 0. The first-order valence-electron chi connectivity index (χ1n) is 9.01. The van der Waals surface area contributed by atoms with Crippen LogP contribution in [0.25, 0.3) is 0 Å². The second kappa shape index (κ2) is 15.1. The molecule has 0 N–H and O–H groups in total. The van der Waals surface area contributed by atoms with Crippen molar-refractivity contribution in [2.45, 2.75) is 44.4 Å². The van der Waals surface area contributed by atoms with E-state index in [9.17, 15) is 0 Å². The van der Waals surface area contributed by atoms with Gasteiger partial charge >= 0.3 is 17.6 Å². The third-order valence-corrected chi connectivity index (χ3v) is 10.0. The molecule has 1 unspecified atom stereocenters. The molecule has 0 radical (unpaired) electrons. The van der Waals surface area contributed by atoms with Gasteiger partial charge in [0.1, 0.15) is 0 Å². The molecular weight excluding hydrogens is 376 g/mol. The van der Waals surface area contributed by atoms with Crippen LogP contribution in [0.1, 0.15) is 26.2 Å². The Hall–Kier alpha value is 0.114. The summed E-state index contributed by atoms with van der Waals surface area (Å²) in [4.78, 5) is 0. The topological polar surface area (TPSA) is 73.8 Å². The summed E-state index contributed by atoms with van der Waals surface area (Å²) in [7, 11) is 4.72. The molecule has 0 bridgehead atoms. The normalized spacial score (nSPS) is 14.0. The van der Waals surface area contributed by atoms with Gasteiger partial charge in [-0.2, -0.15) is 0 Å². The summed E-state index contributed by atoms with van der Waals surface area (Å²) < 4.78 is 44.0. The van der Waals surface area contributed by atoms with Crippen molar-refractivity contribution in [2.75, 3.05) is 62.5 Å². The van der Waals surface area contributed by atoms with Gasteiger partial charge in [-0.3, -0.25) is 0 Å². The van der Waals surface area contributed by atoms with Crippen LogP contribution in [0.4, 0.5) is 0 Å². The smallest absolute Gasteiger partial charge is 0.379 e. The predicted octanol–water partition coefficient (Wildman–Crippen LogP) is 2.33. The van der Waals surface area contributed by atoms with E-state index in [1.165, 1.54) is 0 Å². The molecule has 10 heteroatoms. The molecule has 0 saturated heterocycles. The van der Waals surface area contributed by atoms with E-state index in [0.29, 0.717) is 19.8 Å². The Morgan fingerprint density at radius 1 is 0.654 bits per heavy atom. The van der Waals surface area contributed by atoms with Crippen molar-refractivity contribution in [1.29, 1.82) is 0 Å². The van der Waals surface area contributed by atoms with E-state index in [-0.39, 0.29) is 6.10 Å². The molecule has 0 amide bonds. The minimum absolute atomic E-state index is 0.0768. The number of hydrogen-bond donors (Lipinski definition) is 0. The summed E-state index contributed by atoms with van der Waals surface area (Å²) in [5.74, 6) is 0. The van der Waals surface area contributed by atoms with Crippen LogP contribution in [0.15, 0.2) is 0 Å². The Morgan fingerprint density at radius 3 is 1.46 bits per heavy atom. The first kappa shape index (κ1) is 26.1. The number of ether oxygens (including phenoxy) is 2. The molecule has 0 heterocycles. The lowest BCUT2D eigenvalue weighted by Gasteiger charge is -2.25. The lowest BCUT2D eigenvalue weighted by atomic mass is 10.3. The molecule has 0 aliphatic heterocycles. The van der Waals surface area contributed by atoms with Gasteiger partial charge in [-0.25, -0.2) is 0 Å². The van der Waals surface area contributed by atoms with Crippen LogP contribution in [0.3, 0.4) is 0 Å². The van der Waals surface area contributed by atoms with Crippen molar-refractivity contribution < 1.29 is 36.0 Å². The average molecular weight is 415 g/mol. The molecule has 26 heavy (non-hydrogen) atoms. The van der Waals surface area contributed by atoms with Crippen molar-refractivity contribution in [3.63, 3.8) is 0 Å². The fraction of sp³-hybridized carbons (Fsp3) is 1.00. The molecule has 0 fully saturated rings. The fourth-order valence-electron chi connectivity index (χ4n) is 2.54. The van der Waals surface area contributed by atoms with Crippen molar-refractivity contribution in [1.82, 2.24) is 0 Å².